The van der Waals surface area contributed by atoms with Crippen LogP contribution >= 0.6 is 11.3 Å². The zero-order chi connectivity index (χ0) is 20.5. The Morgan fingerprint density at radius 3 is 2.75 bits per heavy atom. The lowest BCUT2D eigenvalue weighted by Crippen LogP contribution is -2.47. The third kappa shape index (κ3) is 4.29. The Balaban J connectivity index is 1.77. The van der Waals surface area contributed by atoms with Crippen LogP contribution in [0.25, 0.3) is 0 Å². The van der Waals surface area contributed by atoms with Crippen molar-refractivity contribution in [2.24, 2.45) is 5.92 Å². The van der Waals surface area contributed by atoms with Gasteiger partial charge in [0.25, 0.3) is 26.0 Å². The van der Waals surface area contributed by atoms with Gasteiger partial charge in [-0.25, -0.2) is 18.1 Å². The van der Waals surface area contributed by atoms with E-state index in [-0.39, 0.29) is 22.2 Å². The van der Waals surface area contributed by atoms with Crippen LogP contribution in [0.15, 0.2) is 39.3 Å². The highest BCUT2D eigenvalue weighted by molar-refractivity contribution is 7.91. The molecule has 1 amide bonds. The molecule has 1 aliphatic heterocycles. The molecular formula is C16H22N4O5S3. The molecule has 0 aliphatic carbocycles. The summed E-state index contributed by atoms with van der Waals surface area (Å²) in [6, 6.07) is 2.01. The Hall–Kier alpha value is -1.76. The fourth-order valence-electron chi connectivity index (χ4n) is 3.07. The maximum Gasteiger partial charge on any atom is 0.283 e. The monoisotopic (exact) mass is 446 g/mol. The number of imidazole rings is 1. The summed E-state index contributed by atoms with van der Waals surface area (Å²) in [5, 5.41) is 1.36. The highest BCUT2D eigenvalue weighted by Gasteiger charge is 2.41. The van der Waals surface area contributed by atoms with Gasteiger partial charge in [0.1, 0.15) is 10.3 Å². The summed E-state index contributed by atoms with van der Waals surface area (Å²) < 4.78 is 55.3. The van der Waals surface area contributed by atoms with Crippen molar-refractivity contribution >= 4 is 37.3 Å². The minimum absolute atomic E-state index is 0.127. The van der Waals surface area contributed by atoms with Gasteiger partial charge < -0.3 is 4.57 Å². The molecule has 0 unspecified atom stereocenters. The van der Waals surface area contributed by atoms with Crippen LogP contribution in [0.4, 0.5) is 0 Å². The number of carbonyl (C=O) groups is 1. The van der Waals surface area contributed by atoms with Gasteiger partial charge in [-0.2, -0.15) is 12.7 Å². The number of thiophene rings is 1. The van der Waals surface area contributed by atoms with Crippen LogP contribution in [0.2, 0.25) is 0 Å². The van der Waals surface area contributed by atoms with Crippen LogP contribution in [0, 0.1) is 5.92 Å². The van der Waals surface area contributed by atoms with Gasteiger partial charge in [-0.05, 0) is 30.2 Å². The molecule has 28 heavy (non-hydrogen) atoms. The molecule has 0 radical (unpaired) electrons. The van der Waals surface area contributed by atoms with Crippen molar-refractivity contribution in [3.63, 3.8) is 0 Å². The molecule has 0 saturated carbocycles. The van der Waals surface area contributed by atoms with E-state index in [2.05, 4.69) is 4.98 Å². The lowest BCUT2D eigenvalue weighted by molar-refractivity contribution is -0.122. The number of carbonyl (C=O) groups excluding carboxylic acids is 1. The third-order valence-corrected chi connectivity index (χ3v) is 8.77. The Labute approximate surface area is 168 Å². The number of aromatic nitrogens is 2. The molecule has 0 bridgehead atoms. The molecule has 12 heteroatoms. The summed E-state index contributed by atoms with van der Waals surface area (Å²) in [5.74, 6) is -0.565. The molecule has 1 aliphatic rings. The van der Waals surface area contributed by atoms with Crippen molar-refractivity contribution in [3.8, 4) is 0 Å². The van der Waals surface area contributed by atoms with E-state index in [1.807, 2.05) is 18.6 Å². The van der Waals surface area contributed by atoms with E-state index in [9.17, 15) is 21.6 Å². The van der Waals surface area contributed by atoms with Crippen molar-refractivity contribution in [1.82, 2.24) is 18.6 Å². The first-order chi connectivity index (χ1) is 13.1. The van der Waals surface area contributed by atoms with Gasteiger partial charge in [0, 0.05) is 19.3 Å². The second kappa shape index (κ2) is 7.93. The van der Waals surface area contributed by atoms with Gasteiger partial charge in [0.2, 0.25) is 0 Å². The first-order valence-electron chi connectivity index (χ1n) is 8.75. The minimum Gasteiger partial charge on any atom is -0.336 e. The standard InChI is InChI=1S/C16H22N4O5S3/c1-12(2)9-19-10-14(17-11-19)27(22,23)18-16(21)13-5-3-7-20(13)28(24,25)15-6-4-8-26-15/h4,6,8,10-13H,3,5,7,9H2,1-2H3,(H,18,21)/t13-/m0/s1. The zero-order valence-electron chi connectivity index (χ0n) is 15.5. The number of hydrogen-bond acceptors (Lipinski definition) is 7. The SMILES string of the molecule is CC(C)Cn1cnc(S(=O)(=O)NC(=O)[C@@H]2CCCN2S(=O)(=O)c2cccs2)c1. The van der Waals surface area contributed by atoms with Crippen molar-refractivity contribution in [1.29, 1.82) is 0 Å². The van der Waals surface area contributed by atoms with Crippen molar-refractivity contribution in [2.45, 2.75) is 48.5 Å². The van der Waals surface area contributed by atoms with Crippen molar-refractivity contribution in [3.05, 3.63) is 30.0 Å². The smallest absolute Gasteiger partial charge is 0.283 e. The Bertz CT molecular complexity index is 1040. The maximum absolute atomic E-state index is 12.7. The molecule has 2 aromatic rings. The molecule has 3 rings (SSSR count). The lowest BCUT2D eigenvalue weighted by atomic mass is 10.2. The van der Waals surface area contributed by atoms with Crippen LogP contribution in [-0.2, 0) is 31.4 Å². The number of nitrogens with zero attached hydrogens (tertiary/aromatic N) is 3. The average Bonchev–Trinajstić information content (AvgIpc) is 3.34. The molecular weight excluding hydrogens is 424 g/mol. The van der Waals surface area contributed by atoms with Crippen molar-refractivity contribution < 1.29 is 21.6 Å². The quantitative estimate of drug-likeness (QED) is 0.684. The summed E-state index contributed by atoms with van der Waals surface area (Å²) >= 11 is 1.06. The van der Waals surface area contributed by atoms with Gasteiger partial charge in [0.05, 0.1) is 6.33 Å². The van der Waals surface area contributed by atoms with Crippen LogP contribution in [0.3, 0.4) is 0 Å². The summed E-state index contributed by atoms with van der Waals surface area (Å²) in [6.45, 7) is 4.73. The van der Waals surface area contributed by atoms with Crippen LogP contribution in [0.1, 0.15) is 26.7 Å². The molecule has 154 valence electrons. The van der Waals surface area contributed by atoms with E-state index < -0.39 is 32.0 Å². The first kappa shape index (κ1) is 21.0. The van der Waals surface area contributed by atoms with Gasteiger partial charge in [-0.3, -0.25) is 4.79 Å². The topological polar surface area (TPSA) is 118 Å². The van der Waals surface area contributed by atoms with E-state index in [1.54, 1.807) is 16.0 Å². The zero-order valence-corrected chi connectivity index (χ0v) is 17.9. The highest BCUT2D eigenvalue weighted by Crippen LogP contribution is 2.28. The molecule has 2 aromatic heterocycles. The Kier molecular flexibility index (Phi) is 5.94. The van der Waals surface area contributed by atoms with E-state index in [4.69, 9.17) is 0 Å². The molecule has 1 N–H and O–H groups in total. The molecule has 0 aromatic carbocycles. The Morgan fingerprint density at radius 1 is 1.36 bits per heavy atom. The van der Waals surface area contributed by atoms with Crippen molar-refractivity contribution in [2.75, 3.05) is 6.54 Å². The summed E-state index contributed by atoms with van der Waals surface area (Å²) in [4.78, 5) is 16.5. The minimum atomic E-state index is -4.18. The third-order valence-electron chi connectivity index (χ3n) is 4.26. The molecule has 1 atom stereocenters. The molecule has 3 heterocycles. The van der Waals surface area contributed by atoms with Crippen LogP contribution in [-0.4, -0.2) is 49.2 Å². The number of rotatable bonds is 7. The highest BCUT2D eigenvalue weighted by atomic mass is 32.2. The van der Waals surface area contributed by atoms with E-state index in [0.717, 1.165) is 15.6 Å². The number of nitrogens with one attached hydrogen (secondary N) is 1. The predicted molar refractivity (Wildman–Crippen MR) is 104 cm³/mol. The average molecular weight is 447 g/mol. The molecule has 0 spiro atoms. The fourth-order valence-corrected chi connectivity index (χ4v) is 6.81. The van der Waals surface area contributed by atoms with E-state index >= 15 is 0 Å². The molecule has 1 saturated heterocycles. The molecule has 9 nitrogen and oxygen atoms in total. The summed E-state index contributed by atoms with van der Waals surface area (Å²) in [7, 11) is -8.03. The number of sulfonamides is 2. The second-order valence-electron chi connectivity index (χ2n) is 6.98. The van der Waals surface area contributed by atoms with Gasteiger partial charge in [-0.15, -0.1) is 11.3 Å². The van der Waals surface area contributed by atoms with E-state index in [1.165, 1.54) is 18.6 Å². The number of hydrogen-bond donors (Lipinski definition) is 1. The normalized spacial score (nSPS) is 18.6. The lowest BCUT2D eigenvalue weighted by Gasteiger charge is -2.22. The largest absolute Gasteiger partial charge is 0.336 e. The number of amides is 1. The van der Waals surface area contributed by atoms with Gasteiger partial charge >= 0.3 is 0 Å². The second-order valence-corrected chi connectivity index (χ2v) is 11.7. The van der Waals surface area contributed by atoms with Crippen LogP contribution in [0.5, 0.6) is 0 Å². The maximum atomic E-state index is 12.7. The van der Waals surface area contributed by atoms with Gasteiger partial charge in [0.15, 0.2) is 5.03 Å². The molecule has 1 fully saturated rings. The Morgan fingerprint density at radius 2 is 2.11 bits per heavy atom. The van der Waals surface area contributed by atoms with E-state index in [0.29, 0.717) is 18.9 Å². The first-order valence-corrected chi connectivity index (χ1v) is 12.6. The summed E-state index contributed by atoms with van der Waals surface area (Å²) in [6.07, 6.45) is 3.48. The van der Waals surface area contributed by atoms with Crippen LogP contribution < -0.4 is 4.72 Å². The summed E-state index contributed by atoms with van der Waals surface area (Å²) in [5.41, 5.74) is 0. The van der Waals surface area contributed by atoms with Gasteiger partial charge in [-0.1, -0.05) is 19.9 Å². The fraction of sp³-hybridized carbons (Fsp3) is 0.500. The predicted octanol–water partition coefficient (Wildman–Crippen LogP) is 1.26.